The zero-order valence-corrected chi connectivity index (χ0v) is 13.1. The molecular weight excluding hydrogens is 264 g/mol. The maximum atomic E-state index is 4.77. The van der Waals surface area contributed by atoms with Gasteiger partial charge in [-0.2, -0.15) is 9.97 Å². The van der Waals surface area contributed by atoms with Gasteiger partial charge in [0, 0.05) is 18.6 Å². The molecule has 2 unspecified atom stereocenters. The molecule has 0 radical (unpaired) electrons. The summed E-state index contributed by atoms with van der Waals surface area (Å²) in [6.45, 7) is 7.54. The summed E-state index contributed by atoms with van der Waals surface area (Å²) >= 11 is 0. The molecule has 2 N–H and O–H groups in total. The highest BCUT2D eigenvalue weighted by molar-refractivity contribution is 5.84. The normalized spacial score (nSPS) is 22.1. The van der Waals surface area contributed by atoms with Crippen LogP contribution < -0.4 is 10.2 Å². The van der Waals surface area contributed by atoms with Crippen LogP contribution in [0.1, 0.15) is 46.5 Å². The van der Waals surface area contributed by atoms with E-state index in [-0.39, 0.29) is 0 Å². The lowest BCUT2D eigenvalue weighted by atomic mass is 10.1. The molecule has 21 heavy (non-hydrogen) atoms. The monoisotopic (exact) mass is 288 g/mol. The SMILES string of the molecule is CCCNc1nc(N2C(C)CCC2CC)c2[nH]cnc2n1. The number of rotatable bonds is 5. The van der Waals surface area contributed by atoms with E-state index < -0.39 is 0 Å². The first-order chi connectivity index (χ1) is 10.2. The van der Waals surface area contributed by atoms with Gasteiger partial charge in [-0.1, -0.05) is 13.8 Å². The largest absolute Gasteiger partial charge is 0.354 e. The summed E-state index contributed by atoms with van der Waals surface area (Å²) in [5.74, 6) is 1.67. The van der Waals surface area contributed by atoms with Crippen LogP contribution >= 0.6 is 0 Å². The van der Waals surface area contributed by atoms with Crippen LogP contribution in [0.3, 0.4) is 0 Å². The molecule has 2 aromatic heterocycles. The second kappa shape index (κ2) is 5.87. The minimum absolute atomic E-state index is 0.510. The van der Waals surface area contributed by atoms with E-state index in [4.69, 9.17) is 4.98 Å². The molecule has 1 saturated heterocycles. The van der Waals surface area contributed by atoms with Crippen molar-refractivity contribution in [2.75, 3.05) is 16.8 Å². The Morgan fingerprint density at radius 2 is 2.19 bits per heavy atom. The van der Waals surface area contributed by atoms with Crippen LogP contribution in [0.15, 0.2) is 6.33 Å². The second-order valence-corrected chi connectivity index (χ2v) is 5.79. The molecule has 3 rings (SSSR count). The second-order valence-electron chi connectivity index (χ2n) is 5.79. The summed E-state index contributed by atoms with van der Waals surface area (Å²) < 4.78 is 0. The lowest BCUT2D eigenvalue weighted by molar-refractivity contribution is 0.622. The number of H-pyrrole nitrogens is 1. The molecule has 2 aromatic rings. The number of imidazole rings is 1. The standard InChI is InChI=1S/C15H24N6/c1-4-8-16-15-19-13-12(17-9-18-13)14(20-15)21-10(3)6-7-11(21)5-2/h9-11H,4-8H2,1-3H3,(H2,16,17,18,19,20). The fourth-order valence-corrected chi connectivity index (χ4v) is 3.17. The lowest BCUT2D eigenvalue weighted by Gasteiger charge is -2.29. The highest BCUT2D eigenvalue weighted by Crippen LogP contribution is 2.34. The van der Waals surface area contributed by atoms with E-state index in [1.807, 2.05) is 0 Å². The van der Waals surface area contributed by atoms with Crippen LogP contribution in [0.5, 0.6) is 0 Å². The first-order valence-electron chi connectivity index (χ1n) is 7.97. The minimum Gasteiger partial charge on any atom is -0.354 e. The van der Waals surface area contributed by atoms with Crippen LogP contribution in [-0.4, -0.2) is 38.6 Å². The Labute approximate surface area is 125 Å². The summed E-state index contributed by atoms with van der Waals surface area (Å²) in [6.07, 6.45) is 6.34. The number of fused-ring (bicyclic) bond motifs is 1. The van der Waals surface area contributed by atoms with Crippen LogP contribution in [0.2, 0.25) is 0 Å². The van der Waals surface area contributed by atoms with Gasteiger partial charge in [0.15, 0.2) is 11.5 Å². The van der Waals surface area contributed by atoms with Gasteiger partial charge in [0.25, 0.3) is 0 Å². The Hall–Kier alpha value is -1.85. The molecule has 0 aliphatic carbocycles. The number of nitrogens with zero attached hydrogens (tertiary/aromatic N) is 4. The Morgan fingerprint density at radius 1 is 1.33 bits per heavy atom. The quantitative estimate of drug-likeness (QED) is 0.885. The fraction of sp³-hybridized carbons (Fsp3) is 0.667. The van der Waals surface area contributed by atoms with Crippen molar-refractivity contribution in [1.29, 1.82) is 0 Å². The summed E-state index contributed by atoms with van der Waals surface area (Å²) in [6, 6.07) is 1.07. The van der Waals surface area contributed by atoms with Crippen molar-refractivity contribution in [2.45, 2.75) is 58.5 Å². The van der Waals surface area contributed by atoms with E-state index in [0.29, 0.717) is 18.0 Å². The molecule has 0 saturated carbocycles. The third-order valence-electron chi connectivity index (χ3n) is 4.30. The average molecular weight is 288 g/mol. The van der Waals surface area contributed by atoms with Crippen molar-refractivity contribution in [1.82, 2.24) is 19.9 Å². The molecule has 6 heteroatoms. The van der Waals surface area contributed by atoms with E-state index in [1.165, 1.54) is 12.8 Å². The number of hydrogen-bond acceptors (Lipinski definition) is 5. The minimum atomic E-state index is 0.510. The third kappa shape index (κ3) is 2.54. The van der Waals surface area contributed by atoms with Gasteiger partial charge < -0.3 is 15.2 Å². The summed E-state index contributed by atoms with van der Waals surface area (Å²) in [4.78, 5) is 19.2. The van der Waals surface area contributed by atoms with Gasteiger partial charge in [0.05, 0.1) is 6.33 Å². The molecule has 6 nitrogen and oxygen atoms in total. The maximum Gasteiger partial charge on any atom is 0.226 e. The van der Waals surface area contributed by atoms with Gasteiger partial charge in [-0.3, -0.25) is 0 Å². The Balaban J connectivity index is 2.04. The van der Waals surface area contributed by atoms with Gasteiger partial charge in [0.2, 0.25) is 5.95 Å². The van der Waals surface area contributed by atoms with Gasteiger partial charge in [-0.15, -0.1) is 0 Å². The molecule has 0 aromatic carbocycles. The van der Waals surface area contributed by atoms with Gasteiger partial charge >= 0.3 is 0 Å². The Bertz CT molecular complexity index is 607. The number of aromatic amines is 1. The molecule has 0 amide bonds. The van der Waals surface area contributed by atoms with Crippen molar-refractivity contribution < 1.29 is 0 Å². The first kappa shape index (κ1) is 14.1. The maximum absolute atomic E-state index is 4.77. The summed E-state index contributed by atoms with van der Waals surface area (Å²) in [7, 11) is 0. The lowest BCUT2D eigenvalue weighted by Crippen LogP contribution is -2.35. The molecule has 1 aliphatic rings. The van der Waals surface area contributed by atoms with Gasteiger partial charge in [-0.25, -0.2) is 4.98 Å². The smallest absolute Gasteiger partial charge is 0.226 e. The zero-order chi connectivity index (χ0) is 14.8. The van der Waals surface area contributed by atoms with Crippen LogP contribution in [0.4, 0.5) is 11.8 Å². The average Bonchev–Trinajstić information content (AvgIpc) is 3.10. The Kier molecular flexibility index (Phi) is 3.94. The topological polar surface area (TPSA) is 69.7 Å². The number of anilines is 2. The van der Waals surface area contributed by atoms with Gasteiger partial charge in [0.1, 0.15) is 5.52 Å². The van der Waals surface area contributed by atoms with E-state index in [2.05, 4.69) is 45.9 Å². The highest BCUT2D eigenvalue weighted by atomic mass is 15.3. The van der Waals surface area contributed by atoms with Crippen LogP contribution in [0.25, 0.3) is 11.2 Å². The van der Waals surface area contributed by atoms with Crippen LogP contribution in [-0.2, 0) is 0 Å². The molecule has 0 spiro atoms. The van der Waals surface area contributed by atoms with Crippen molar-refractivity contribution in [2.24, 2.45) is 0 Å². The Morgan fingerprint density at radius 3 is 2.95 bits per heavy atom. The van der Waals surface area contributed by atoms with Crippen molar-refractivity contribution >= 4 is 22.9 Å². The van der Waals surface area contributed by atoms with E-state index in [9.17, 15) is 0 Å². The molecular formula is C15H24N6. The zero-order valence-electron chi connectivity index (χ0n) is 13.1. The van der Waals surface area contributed by atoms with Gasteiger partial charge in [-0.05, 0) is 32.6 Å². The van der Waals surface area contributed by atoms with Crippen molar-refractivity contribution in [3.63, 3.8) is 0 Å². The van der Waals surface area contributed by atoms with E-state index in [1.54, 1.807) is 6.33 Å². The molecule has 114 valence electrons. The van der Waals surface area contributed by atoms with Crippen LogP contribution in [0, 0.1) is 0 Å². The fourth-order valence-electron chi connectivity index (χ4n) is 3.17. The molecule has 3 heterocycles. The number of aromatic nitrogens is 4. The number of nitrogens with one attached hydrogen (secondary N) is 2. The van der Waals surface area contributed by atoms with Crippen molar-refractivity contribution in [3.05, 3.63) is 6.33 Å². The number of hydrogen-bond donors (Lipinski definition) is 2. The predicted molar refractivity (Wildman–Crippen MR) is 85.7 cm³/mol. The third-order valence-corrected chi connectivity index (χ3v) is 4.30. The van der Waals surface area contributed by atoms with E-state index >= 15 is 0 Å². The molecule has 1 aliphatic heterocycles. The summed E-state index contributed by atoms with van der Waals surface area (Å²) in [5, 5.41) is 3.29. The van der Waals surface area contributed by atoms with Crippen molar-refractivity contribution in [3.8, 4) is 0 Å². The molecule has 2 atom stereocenters. The predicted octanol–water partition coefficient (Wildman–Crippen LogP) is 2.94. The van der Waals surface area contributed by atoms with E-state index in [0.717, 1.165) is 36.4 Å². The summed E-state index contributed by atoms with van der Waals surface area (Å²) in [5.41, 5.74) is 1.69. The molecule has 0 bridgehead atoms. The molecule has 1 fully saturated rings. The highest BCUT2D eigenvalue weighted by Gasteiger charge is 2.32. The first-order valence-corrected chi connectivity index (χ1v) is 7.97.